The zero-order valence-corrected chi connectivity index (χ0v) is 9.63. The molecule has 88 valence electrons. The number of aliphatic hydroxyl groups is 1. The van der Waals surface area contributed by atoms with Crippen molar-refractivity contribution < 1.29 is 9.84 Å². The average molecular weight is 230 g/mol. The summed E-state index contributed by atoms with van der Waals surface area (Å²) in [4.78, 5) is 0. The van der Waals surface area contributed by atoms with E-state index in [1.54, 1.807) is 10.9 Å². The second-order valence-corrected chi connectivity index (χ2v) is 4.30. The molecule has 0 saturated carbocycles. The molecule has 17 heavy (non-hydrogen) atoms. The van der Waals surface area contributed by atoms with Crippen molar-refractivity contribution in [1.29, 1.82) is 0 Å². The third-order valence-corrected chi connectivity index (χ3v) is 3.20. The highest BCUT2D eigenvalue weighted by atomic mass is 16.5. The van der Waals surface area contributed by atoms with Crippen molar-refractivity contribution in [2.75, 3.05) is 0 Å². The lowest BCUT2D eigenvalue weighted by atomic mass is 10.0. The molecule has 4 nitrogen and oxygen atoms in total. The van der Waals surface area contributed by atoms with Gasteiger partial charge in [0.2, 0.25) is 0 Å². The van der Waals surface area contributed by atoms with Gasteiger partial charge < -0.3 is 9.84 Å². The van der Waals surface area contributed by atoms with Crippen molar-refractivity contribution in [3.63, 3.8) is 0 Å². The molecule has 1 aromatic carbocycles. The molecule has 3 rings (SSSR count). The van der Waals surface area contributed by atoms with E-state index in [4.69, 9.17) is 4.74 Å². The van der Waals surface area contributed by atoms with Crippen LogP contribution >= 0.6 is 0 Å². The number of benzene rings is 1. The molecule has 2 heterocycles. The largest absolute Gasteiger partial charge is 0.382 e. The summed E-state index contributed by atoms with van der Waals surface area (Å²) in [6.45, 7) is 1.32. The number of hydrogen-bond acceptors (Lipinski definition) is 3. The molecular formula is C13H14N2O2. The van der Waals surface area contributed by atoms with Gasteiger partial charge in [-0.05, 0) is 22.8 Å². The smallest absolute Gasteiger partial charge is 0.121 e. The minimum absolute atomic E-state index is 0.631. The van der Waals surface area contributed by atoms with Crippen molar-refractivity contribution in [3.8, 4) is 0 Å². The number of nitrogens with zero attached hydrogens (tertiary/aromatic N) is 2. The van der Waals surface area contributed by atoms with E-state index in [0.29, 0.717) is 13.2 Å². The molecule has 2 aromatic rings. The molecule has 1 aliphatic heterocycles. The third-order valence-electron chi connectivity index (χ3n) is 3.20. The van der Waals surface area contributed by atoms with Gasteiger partial charge in [-0.2, -0.15) is 5.10 Å². The van der Waals surface area contributed by atoms with Crippen molar-refractivity contribution >= 4 is 0 Å². The van der Waals surface area contributed by atoms with Crippen LogP contribution in [0.25, 0.3) is 0 Å². The van der Waals surface area contributed by atoms with Crippen molar-refractivity contribution in [3.05, 3.63) is 52.8 Å². The molecule has 1 atom stereocenters. The number of hydrogen-bond donors (Lipinski definition) is 1. The van der Waals surface area contributed by atoms with Gasteiger partial charge in [-0.15, -0.1) is 0 Å². The zero-order chi connectivity index (χ0) is 11.8. The Kier molecular flexibility index (Phi) is 2.46. The monoisotopic (exact) mass is 230 g/mol. The number of aromatic nitrogens is 2. The maximum atomic E-state index is 10.3. The summed E-state index contributed by atoms with van der Waals surface area (Å²) in [5.74, 6) is 0. The highest BCUT2D eigenvalue weighted by molar-refractivity contribution is 5.36. The Morgan fingerprint density at radius 3 is 2.88 bits per heavy atom. The molecule has 1 aromatic heterocycles. The van der Waals surface area contributed by atoms with Crippen LogP contribution in [0, 0.1) is 0 Å². The zero-order valence-electron chi connectivity index (χ0n) is 9.63. The van der Waals surface area contributed by atoms with Gasteiger partial charge in [0.25, 0.3) is 0 Å². The van der Waals surface area contributed by atoms with Crippen LogP contribution in [0.4, 0.5) is 0 Å². The first kappa shape index (κ1) is 10.5. The van der Waals surface area contributed by atoms with Crippen LogP contribution in [0.2, 0.25) is 0 Å². The second kappa shape index (κ2) is 3.98. The Morgan fingerprint density at radius 1 is 1.29 bits per heavy atom. The SMILES string of the molecule is Cn1nccc1C(O)c1ccc2c(c1)COC2. The Balaban J connectivity index is 1.97. The van der Waals surface area contributed by atoms with Crippen LogP contribution in [-0.4, -0.2) is 14.9 Å². The average Bonchev–Trinajstić information content (AvgIpc) is 2.95. The van der Waals surface area contributed by atoms with Gasteiger partial charge in [0.1, 0.15) is 6.10 Å². The van der Waals surface area contributed by atoms with Crippen molar-refractivity contribution in [2.45, 2.75) is 19.3 Å². The minimum Gasteiger partial charge on any atom is -0.382 e. The molecule has 0 fully saturated rings. The van der Waals surface area contributed by atoms with Gasteiger partial charge in [-0.3, -0.25) is 4.68 Å². The summed E-state index contributed by atoms with van der Waals surface area (Å²) < 4.78 is 7.05. The molecule has 0 amide bonds. The second-order valence-electron chi connectivity index (χ2n) is 4.30. The summed E-state index contributed by atoms with van der Waals surface area (Å²) in [5.41, 5.74) is 4.07. The van der Waals surface area contributed by atoms with E-state index in [-0.39, 0.29) is 0 Å². The van der Waals surface area contributed by atoms with Gasteiger partial charge in [-0.25, -0.2) is 0 Å². The summed E-state index contributed by atoms with van der Waals surface area (Å²) >= 11 is 0. The van der Waals surface area contributed by atoms with Gasteiger partial charge >= 0.3 is 0 Å². The predicted octanol–water partition coefficient (Wildman–Crippen LogP) is 1.53. The molecule has 1 N–H and O–H groups in total. The molecule has 0 radical (unpaired) electrons. The lowest BCUT2D eigenvalue weighted by Gasteiger charge is -2.12. The predicted molar refractivity (Wildman–Crippen MR) is 62.2 cm³/mol. The number of ether oxygens (including phenoxy) is 1. The molecule has 1 aliphatic rings. The first-order chi connectivity index (χ1) is 8.25. The lowest BCUT2D eigenvalue weighted by molar-refractivity contribution is 0.134. The topological polar surface area (TPSA) is 47.3 Å². The maximum Gasteiger partial charge on any atom is 0.121 e. The fourth-order valence-corrected chi connectivity index (χ4v) is 2.19. The normalized spacial score (nSPS) is 15.9. The molecule has 0 saturated heterocycles. The van der Waals surface area contributed by atoms with E-state index in [1.807, 2.05) is 31.3 Å². The van der Waals surface area contributed by atoms with E-state index < -0.39 is 6.10 Å². The van der Waals surface area contributed by atoms with Gasteiger partial charge in [0, 0.05) is 13.2 Å². The summed E-state index contributed by atoms with van der Waals surface area (Å²) in [6, 6.07) is 7.82. The van der Waals surface area contributed by atoms with Crippen LogP contribution in [-0.2, 0) is 25.0 Å². The van der Waals surface area contributed by atoms with Crippen LogP contribution in [0.3, 0.4) is 0 Å². The van der Waals surface area contributed by atoms with Crippen molar-refractivity contribution in [1.82, 2.24) is 9.78 Å². The Labute approximate surface area is 99.5 Å². The molecule has 1 unspecified atom stereocenters. The summed E-state index contributed by atoms with van der Waals surface area (Å²) in [7, 11) is 1.83. The van der Waals surface area contributed by atoms with Gasteiger partial charge in [0.15, 0.2) is 0 Å². The third kappa shape index (κ3) is 1.75. The van der Waals surface area contributed by atoms with Crippen LogP contribution in [0.1, 0.15) is 28.5 Å². The Hall–Kier alpha value is -1.65. The quantitative estimate of drug-likeness (QED) is 0.851. The van der Waals surface area contributed by atoms with Crippen molar-refractivity contribution in [2.24, 2.45) is 7.05 Å². The number of rotatable bonds is 2. The fraction of sp³-hybridized carbons (Fsp3) is 0.308. The van der Waals surface area contributed by atoms with E-state index >= 15 is 0 Å². The van der Waals surface area contributed by atoms with E-state index in [9.17, 15) is 5.11 Å². The Morgan fingerprint density at radius 2 is 2.12 bits per heavy atom. The fourth-order valence-electron chi connectivity index (χ4n) is 2.19. The molecule has 4 heteroatoms. The van der Waals surface area contributed by atoms with Gasteiger partial charge in [0.05, 0.1) is 18.9 Å². The molecule has 0 bridgehead atoms. The van der Waals surface area contributed by atoms with E-state index in [0.717, 1.165) is 11.3 Å². The van der Waals surface area contributed by atoms with Gasteiger partial charge in [-0.1, -0.05) is 18.2 Å². The van der Waals surface area contributed by atoms with Crippen LogP contribution in [0.5, 0.6) is 0 Å². The summed E-state index contributed by atoms with van der Waals surface area (Å²) in [5, 5.41) is 14.4. The molecule has 0 aliphatic carbocycles. The molecule has 0 spiro atoms. The maximum absolute atomic E-state index is 10.3. The first-order valence-corrected chi connectivity index (χ1v) is 5.61. The van der Waals surface area contributed by atoms with E-state index in [2.05, 4.69) is 5.10 Å². The molecular weight excluding hydrogens is 216 g/mol. The lowest BCUT2D eigenvalue weighted by Crippen LogP contribution is -2.07. The number of aliphatic hydroxyl groups excluding tert-OH is 1. The standard InChI is InChI=1S/C13H14N2O2/c1-15-12(4-5-14-15)13(16)9-2-3-10-7-17-8-11(10)6-9/h2-6,13,16H,7-8H2,1H3. The van der Waals surface area contributed by atoms with E-state index in [1.165, 1.54) is 11.1 Å². The minimum atomic E-state index is -0.631. The summed E-state index contributed by atoms with van der Waals surface area (Å²) in [6.07, 6.45) is 1.06. The highest BCUT2D eigenvalue weighted by Crippen LogP contribution is 2.26. The first-order valence-electron chi connectivity index (χ1n) is 5.61. The van der Waals surface area contributed by atoms with Crippen LogP contribution in [0.15, 0.2) is 30.5 Å². The number of fused-ring (bicyclic) bond motifs is 1. The number of aryl methyl sites for hydroxylation is 1. The Bertz CT molecular complexity index is 548. The van der Waals surface area contributed by atoms with Crippen LogP contribution < -0.4 is 0 Å². The highest BCUT2D eigenvalue weighted by Gasteiger charge is 2.17.